The largest absolute Gasteiger partial charge is 0.381 e. The van der Waals surface area contributed by atoms with Crippen LogP contribution in [0.5, 0.6) is 0 Å². The summed E-state index contributed by atoms with van der Waals surface area (Å²) in [6.07, 6.45) is 3.44. The zero-order valence-corrected chi connectivity index (χ0v) is 12.0. The highest BCUT2D eigenvalue weighted by Crippen LogP contribution is 2.16. The molecule has 1 saturated heterocycles. The van der Waals surface area contributed by atoms with E-state index in [0.717, 1.165) is 32.1 Å². The minimum Gasteiger partial charge on any atom is -0.381 e. The van der Waals surface area contributed by atoms with Gasteiger partial charge in [0.1, 0.15) is 11.5 Å². The van der Waals surface area contributed by atoms with Crippen LogP contribution in [0.4, 0.5) is 4.39 Å². The summed E-state index contributed by atoms with van der Waals surface area (Å²) in [7, 11) is 1.74. The van der Waals surface area contributed by atoms with Gasteiger partial charge in [-0.05, 0) is 25.0 Å². The molecule has 0 aromatic carbocycles. The third-order valence-electron chi connectivity index (χ3n) is 3.83. The minimum absolute atomic E-state index is 0.0288. The summed E-state index contributed by atoms with van der Waals surface area (Å²) in [6.45, 7) is 4.52. The van der Waals surface area contributed by atoms with E-state index in [4.69, 9.17) is 4.74 Å². The number of ether oxygens (including phenoxy) is 1. The molecular weight excluding hydrogens is 259 g/mol. The molecule has 0 radical (unpaired) electrons. The average Bonchev–Trinajstić information content (AvgIpc) is 2.48. The number of hydrogen-bond donors (Lipinski definition) is 0. The highest BCUT2D eigenvalue weighted by Gasteiger charge is 2.23. The van der Waals surface area contributed by atoms with Crippen molar-refractivity contribution in [3.63, 3.8) is 0 Å². The molecule has 110 valence electrons. The highest BCUT2D eigenvalue weighted by atomic mass is 19.1. The van der Waals surface area contributed by atoms with E-state index in [9.17, 15) is 9.18 Å². The SMILES string of the molecule is COC1CCN(CC(C)C(=O)c2ccc(F)cn2)CC1. The summed E-state index contributed by atoms with van der Waals surface area (Å²) in [5.41, 5.74) is 0.339. The molecule has 0 saturated carbocycles. The normalized spacial score (nSPS) is 18.9. The molecule has 20 heavy (non-hydrogen) atoms. The van der Waals surface area contributed by atoms with E-state index in [-0.39, 0.29) is 11.7 Å². The number of methoxy groups -OCH3 is 1. The Balaban J connectivity index is 1.87. The van der Waals surface area contributed by atoms with Gasteiger partial charge in [0, 0.05) is 32.7 Å². The average molecular weight is 280 g/mol. The number of nitrogens with zero attached hydrogens (tertiary/aromatic N) is 2. The molecule has 2 heterocycles. The molecule has 1 aliphatic heterocycles. The van der Waals surface area contributed by atoms with Crippen molar-refractivity contribution < 1.29 is 13.9 Å². The second-order valence-electron chi connectivity index (χ2n) is 5.36. The predicted molar refractivity (Wildman–Crippen MR) is 74.2 cm³/mol. The number of Topliss-reactive ketones (excluding diaryl/α,β-unsaturated/α-hetero) is 1. The van der Waals surface area contributed by atoms with Crippen LogP contribution < -0.4 is 0 Å². The highest BCUT2D eigenvalue weighted by molar-refractivity contribution is 5.95. The predicted octanol–water partition coefficient (Wildman–Crippen LogP) is 2.15. The second kappa shape index (κ2) is 6.90. The van der Waals surface area contributed by atoms with Gasteiger partial charge in [-0.2, -0.15) is 0 Å². The van der Waals surface area contributed by atoms with Crippen molar-refractivity contribution in [1.82, 2.24) is 9.88 Å². The lowest BCUT2D eigenvalue weighted by atomic mass is 10.0. The van der Waals surface area contributed by atoms with Crippen LogP contribution in [0.1, 0.15) is 30.3 Å². The molecule has 1 atom stereocenters. The standard InChI is InChI=1S/C15H21FN2O2/c1-11(10-18-7-5-13(20-2)6-8-18)15(19)14-4-3-12(16)9-17-14/h3-4,9,11,13H,5-8,10H2,1-2H3. The number of piperidine rings is 1. The molecule has 2 rings (SSSR count). The van der Waals surface area contributed by atoms with Crippen molar-refractivity contribution in [2.75, 3.05) is 26.7 Å². The van der Waals surface area contributed by atoms with Gasteiger partial charge >= 0.3 is 0 Å². The molecule has 1 aromatic heterocycles. The molecule has 0 amide bonds. The van der Waals surface area contributed by atoms with Crippen molar-refractivity contribution >= 4 is 5.78 Å². The van der Waals surface area contributed by atoms with Gasteiger partial charge in [-0.15, -0.1) is 0 Å². The fraction of sp³-hybridized carbons (Fsp3) is 0.600. The Morgan fingerprint density at radius 3 is 2.75 bits per heavy atom. The molecular formula is C15H21FN2O2. The van der Waals surface area contributed by atoms with Gasteiger partial charge < -0.3 is 9.64 Å². The Morgan fingerprint density at radius 2 is 2.20 bits per heavy atom. The lowest BCUT2D eigenvalue weighted by Crippen LogP contribution is -2.40. The van der Waals surface area contributed by atoms with Crippen LogP contribution in [-0.4, -0.2) is 48.5 Å². The number of ketones is 1. The van der Waals surface area contributed by atoms with Gasteiger partial charge in [0.2, 0.25) is 0 Å². The first-order chi connectivity index (χ1) is 9.60. The zero-order valence-electron chi connectivity index (χ0n) is 12.0. The smallest absolute Gasteiger partial charge is 0.185 e. The third-order valence-corrected chi connectivity index (χ3v) is 3.83. The Bertz CT molecular complexity index is 442. The molecule has 5 heteroatoms. The number of aromatic nitrogens is 1. The van der Waals surface area contributed by atoms with Crippen LogP contribution in [0.25, 0.3) is 0 Å². The lowest BCUT2D eigenvalue weighted by molar-refractivity contribution is 0.0368. The van der Waals surface area contributed by atoms with Crippen molar-refractivity contribution in [2.24, 2.45) is 5.92 Å². The quantitative estimate of drug-likeness (QED) is 0.775. The second-order valence-corrected chi connectivity index (χ2v) is 5.36. The van der Waals surface area contributed by atoms with Gasteiger partial charge in [0.15, 0.2) is 5.78 Å². The summed E-state index contributed by atoms with van der Waals surface area (Å²) in [6, 6.07) is 2.72. The number of carbonyl (C=O) groups excluding carboxylic acids is 1. The van der Waals surface area contributed by atoms with Crippen LogP contribution in [0, 0.1) is 11.7 Å². The molecule has 0 bridgehead atoms. The van der Waals surface area contributed by atoms with E-state index in [1.165, 1.54) is 12.1 Å². The zero-order chi connectivity index (χ0) is 14.5. The Labute approximate surface area is 118 Å². The van der Waals surface area contributed by atoms with E-state index in [1.807, 2.05) is 6.92 Å². The van der Waals surface area contributed by atoms with E-state index in [2.05, 4.69) is 9.88 Å². The first kappa shape index (κ1) is 15.1. The number of carbonyl (C=O) groups is 1. The maximum absolute atomic E-state index is 12.8. The Hall–Kier alpha value is -1.33. The molecule has 1 aromatic rings. The van der Waals surface area contributed by atoms with Crippen molar-refractivity contribution in [2.45, 2.75) is 25.9 Å². The molecule has 0 aliphatic carbocycles. The van der Waals surface area contributed by atoms with E-state index in [1.54, 1.807) is 7.11 Å². The Morgan fingerprint density at radius 1 is 1.50 bits per heavy atom. The molecule has 1 unspecified atom stereocenters. The van der Waals surface area contributed by atoms with Crippen LogP contribution >= 0.6 is 0 Å². The van der Waals surface area contributed by atoms with E-state index >= 15 is 0 Å². The number of pyridine rings is 1. The molecule has 1 fully saturated rings. The fourth-order valence-corrected chi connectivity index (χ4v) is 2.57. The van der Waals surface area contributed by atoms with Crippen LogP contribution in [0.3, 0.4) is 0 Å². The minimum atomic E-state index is -0.421. The van der Waals surface area contributed by atoms with Crippen LogP contribution in [0.2, 0.25) is 0 Å². The van der Waals surface area contributed by atoms with Crippen molar-refractivity contribution in [3.8, 4) is 0 Å². The maximum Gasteiger partial charge on any atom is 0.185 e. The van der Waals surface area contributed by atoms with Crippen LogP contribution in [0.15, 0.2) is 18.3 Å². The molecule has 1 aliphatic rings. The summed E-state index contributed by atoms with van der Waals surface area (Å²) < 4.78 is 18.1. The number of hydrogen-bond acceptors (Lipinski definition) is 4. The van der Waals surface area contributed by atoms with Gasteiger partial charge in [0.25, 0.3) is 0 Å². The third kappa shape index (κ3) is 3.84. The van der Waals surface area contributed by atoms with E-state index < -0.39 is 5.82 Å². The number of likely N-dealkylation sites (tertiary alicyclic amines) is 1. The summed E-state index contributed by atoms with van der Waals surface area (Å²) in [5, 5.41) is 0. The monoisotopic (exact) mass is 280 g/mol. The molecule has 4 nitrogen and oxygen atoms in total. The molecule has 0 N–H and O–H groups in total. The molecule has 0 spiro atoms. The number of halogens is 1. The Kier molecular flexibility index (Phi) is 5.20. The van der Waals surface area contributed by atoms with Gasteiger partial charge in [0.05, 0.1) is 12.3 Å². The fourth-order valence-electron chi connectivity index (χ4n) is 2.57. The summed E-state index contributed by atoms with van der Waals surface area (Å²) in [4.78, 5) is 18.3. The lowest BCUT2D eigenvalue weighted by Gasteiger charge is -2.32. The van der Waals surface area contributed by atoms with Gasteiger partial charge in [-0.25, -0.2) is 4.39 Å². The summed E-state index contributed by atoms with van der Waals surface area (Å²) >= 11 is 0. The first-order valence-corrected chi connectivity index (χ1v) is 7.01. The first-order valence-electron chi connectivity index (χ1n) is 7.01. The topological polar surface area (TPSA) is 42.4 Å². The van der Waals surface area contributed by atoms with Gasteiger partial charge in [-0.1, -0.05) is 6.92 Å². The van der Waals surface area contributed by atoms with E-state index in [0.29, 0.717) is 18.3 Å². The number of rotatable bonds is 5. The van der Waals surface area contributed by atoms with Crippen molar-refractivity contribution in [3.05, 3.63) is 29.8 Å². The maximum atomic E-state index is 12.8. The van der Waals surface area contributed by atoms with Gasteiger partial charge in [-0.3, -0.25) is 9.78 Å². The van der Waals surface area contributed by atoms with Crippen molar-refractivity contribution in [1.29, 1.82) is 0 Å². The summed E-state index contributed by atoms with van der Waals surface area (Å²) in [5.74, 6) is -0.582. The van der Waals surface area contributed by atoms with Crippen LogP contribution in [-0.2, 0) is 4.74 Å².